The van der Waals surface area contributed by atoms with Gasteiger partial charge in [0, 0.05) is 11.6 Å². The van der Waals surface area contributed by atoms with Gasteiger partial charge in [0.05, 0.1) is 0 Å². The molecule has 0 aromatic heterocycles. The van der Waals surface area contributed by atoms with E-state index in [9.17, 15) is 0 Å². The van der Waals surface area contributed by atoms with Crippen LogP contribution in [-0.2, 0) is 0 Å². The van der Waals surface area contributed by atoms with E-state index in [-0.39, 0.29) is 0 Å². The smallest absolute Gasteiger partial charge is 0.0326 e. The zero-order chi connectivity index (χ0) is 7.56. The van der Waals surface area contributed by atoms with Crippen LogP contribution in [0.2, 0.25) is 0 Å². The Morgan fingerprint density at radius 3 is 2.40 bits per heavy atom. The fourth-order valence-electron chi connectivity index (χ4n) is 0.664. The Hall–Kier alpha value is 0.310. The molecule has 4 heteroatoms. The van der Waals surface area contributed by atoms with E-state index in [0.29, 0.717) is 0 Å². The average molecular weight is 189 g/mol. The summed E-state index contributed by atoms with van der Waals surface area (Å²) in [6.07, 6.45) is 6.06. The van der Waals surface area contributed by atoms with Crippen LogP contribution in [0.3, 0.4) is 0 Å². The Kier molecular flexibility index (Phi) is 3.05. The molecule has 0 fully saturated rings. The molecule has 0 aromatic rings. The van der Waals surface area contributed by atoms with Gasteiger partial charge < -0.3 is 5.32 Å². The highest BCUT2D eigenvalue weighted by Crippen LogP contribution is 2.20. The molecule has 3 atom stereocenters. The first-order chi connectivity index (χ1) is 4.68. The average Bonchev–Trinajstić information content (AvgIpc) is 1.93. The second kappa shape index (κ2) is 3.63. The van der Waals surface area contributed by atoms with Gasteiger partial charge in [-0.2, -0.15) is 0 Å². The Morgan fingerprint density at radius 1 is 1.00 bits per heavy atom. The molecular weight excluding hydrogens is 179 g/mol. The number of allylic oxidation sites excluding steroid dienone is 4. The first kappa shape index (κ1) is 8.41. The third-order valence-corrected chi connectivity index (χ3v) is 2.06. The lowest BCUT2D eigenvalue weighted by Crippen LogP contribution is -1.96. The minimum Gasteiger partial charge on any atom is -0.361 e. The summed E-state index contributed by atoms with van der Waals surface area (Å²) in [7, 11) is 7.93. The van der Waals surface area contributed by atoms with E-state index in [1.807, 2.05) is 12.3 Å². The largest absolute Gasteiger partial charge is 0.361 e. The van der Waals surface area contributed by atoms with Gasteiger partial charge in [0.2, 0.25) is 0 Å². The molecule has 1 aliphatic rings. The number of hydrogen-bond acceptors (Lipinski definition) is 1. The Morgan fingerprint density at radius 2 is 1.70 bits per heavy atom. The van der Waals surface area contributed by atoms with Gasteiger partial charge in [-0.15, -0.1) is 18.5 Å². The van der Waals surface area contributed by atoms with Crippen molar-refractivity contribution in [2.45, 2.75) is 0 Å². The Labute approximate surface area is 68.0 Å². The Bertz CT molecular complexity index is 227. The van der Waals surface area contributed by atoms with E-state index in [2.05, 4.69) is 39.1 Å². The lowest BCUT2D eigenvalue weighted by Gasteiger charge is -1.95. The van der Waals surface area contributed by atoms with Crippen LogP contribution < -0.4 is 5.32 Å². The predicted octanol–water partition coefficient (Wildman–Crippen LogP) is 1.78. The summed E-state index contributed by atoms with van der Waals surface area (Å²) >= 11 is 0. The molecule has 1 aliphatic heterocycles. The summed E-state index contributed by atoms with van der Waals surface area (Å²) in [5.41, 5.74) is 1.08. The maximum absolute atomic E-state index is 3.10. The van der Waals surface area contributed by atoms with Crippen LogP contribution in [-0.4, -0.2) is 0 Å². The highest BCUT2D eigenvalue weighted by Gasteiger charge is 1.93. The molecule has 3 unspecified atom stereocenters. The third kappa shape index (κ3) is 2.51. The van der Waals surface area contributed by atoms with Crippen molar-refractivity contribution in [3.63, 3.8) is 0 Å². The molecule has 1 nitrogen and oxygen atoms in total. The van der Waals surface area contributed by atoms with Crippen LogP contribution in [0.15, 0.2) is 34.4 Å². The van der Waals surface area contributed by atoms with E-state index in [0.717, 1.165) is 10.8 Å². The fraction of sp³-hybridized carbons (Fsp3) is 0. The normalized spacial score (nSPS) is 18.1. The second-order valence-electron chi connectivity index (χ2n) is 2.03. The monoisotopic (exact) mass is 189 g/mol. The number of rotatable bonds is 0. The van der Waals surface area contributed by atoms with Crippen LogP contribution in [0.25, 0.3) is 0 Å². The molecule has 1 N–H and O–H groups in total. The molecule has 0 aromatic carbocycles. The van der Waals surface area contributed by atoms with Crippen molar-refractivity contribution in [1.29, 1.82) is 0 Å². The molecule has 0 aliphatic carbocycles. The van der Waals surface area contributed by atoms with E-state index >= 15 is 0 Å². The second-order valence-corrected chi connectivity index (χ2v) is 3.99. The maximum Gasteiger partial charge on any atom is 0.0326 e. The third-order valence-electron chi connectivity index (χ3n) is 1.06. The highest BCUT2D eigenvalue weighted by molar-refractivity contribution is 7.25. The van der Waals surface area contributed by atoms with Crippen molar-refractivity contribution in [2.75, 3.05) is 0 Å². The molecule has 0 bridgehead atoms. The minimum absolute atomic E-state index is 1.08. The van der Waals surface area contributed by atoms with Gasteiger partial charge in [-0.1, -0.05) is 9.24 Å². The number of hydrogen-bond donors (Lipinski definition) is 1. The van der Waals surface area contributed by atoms with Crippen molar-refractivity contribution in [3.05, 3.63) is 34.4 Å². The summed E-state index contributed by atoms with van der Waals surface area (Å²) in [6, 6.07) is 0. The molecule has 1 heterocycles. The van der Waals surface area contributed by atoms with E-state index in [1.165, 1.54) is 5.31 Å². The molecule has 0 amide bonds. The summed E-state index contributed by atoms with van der Waals surface area (Å²) in [4.78, 5) is 0. The first-order valence-corrected chi connectivity index (χ1v) is 4.58. The van der Waals surface area contributed by atoms with Crippen molar-refractivity contribution >= 4 is 27.7 Å². The summed E-state index contributed by atoms with van der Waals surface area (Å²) < 4.78 is 0. The summed E-state index contributed by atoms with van der Waals surface area (Å²) in [5, 5.41) is 5.43. The molecule has 10 heavy (non-hydrogen) atoms. The predicted molar refractivity (Wildman–Crippen MR) is 56.5 cm³/mol. The lowest BCUT2D eigenvalue weighted by atomic mass is 10.5. The van der Waals surface area contributed by atoms with Crippen LogP contribution in [0.4, 0.5) is 0 Å². The molecule has 54 valence electrons. The van der Waals surface area contributed by atoms with Gasteiger partial charge in [0.15, 0.2) is 0 Å². The topological polar surface area (TPSA) is 12.0 Å². The maximum atomic E-state index is 3.10. The minimum atomic E-state index is 1.08. The van der Waals surface area contributed by atoms with Crippen molar-refractivity contribution in [2.24, 2.45) is 0 Å². The van der Waals surface area contributed by atoms with Gasteiger partial charge in [0.1, 0.15) is 0 Å². The van der Waals surface area contributed by atoms with Crippen LogP contribution in [0.5, 0.6) is 0 Å². The van der Waals surface area contributed by atoms with Crippen molar-refractivity contribution in [3.8, 4) is 0 Å². The lowest BCUT2D eigenvalue weighted by molar-refractivity contribution is 1.17. The SMILES string of the molecule is PC1=CNC(P)=CC(P)=C1. The van der Waals surface area contributed by atoms with Gasteiger partial charge in [-0.3, -0.25) is 0 Å². The zero-order valence-corrected chi connectivity index (χ0v) is 8.93. The van der Waals surface area contributed by atoms with E-state index in [4.69, 9.17) is 0 Å². The summed E-state index contributed by atoms with van der Waals surface area (Å²) in [5.74, 6) is 0. The van der Waals surface area contributed by atoms with Gasteiger partial charge in [-0.05, 0) is 22.8 Å². The highest BCUT2D eigenvalue weighted by atomic mass is 31.0. The standard InChI is InChI=1S/C6H10NP3/c8-4-1-5(9)3-7-6(10)2-4/h1-3,7H,8-10H2. The molecule has 0 saturated carbocycles. The van der Waals surface area contributed by atoms with E-state index in [1.54, 1.807) is 0 Å². The van der Waals surface area contributed by atoms with Gasteiger partial charge in [-0.25, -0.2) is 0 Å². The van der Waals surface area contributed by atoms with Gasteiger partial charge in [0.25, 0.3) is 0 Å². The van der Waals surface area contributed by atoms with Gasteiger partial charge >= 0.3 is 0 Å². The molecule has 0 radical (unpaired) electrons. The first-order valence-electron chi connectivity index (χ1n) is 2.85. The number of nitrogens with one attached hydrogen (secondary N) is 1. The fourth-order valence-corrected chi connectivity index (χ4v) is 1.97. The Balaban J connectivity index is 2.90. The van der Waals surface area contributed by atoms with E-state index < -0.39 is 0 Å². The molecule has 1 rings (SSSR count). The van der Waals surface area contributed by atoms with Crippen molar-refractivity contribution in [1.82, 2.24) is 5.32 Å². The van der Waals surface area contributed by atoms with Crippen molar-refractivity contribution < 1.29 is 0 Å². The molecular formula is C6H10NP3. The van der Waals surface area contributed by atoms with Crippen LogP contribution in [0, 0.1) is 0 Å². The molecule has 0 saturated heterocycles. The van der Waals surface area contributed by atoms with Crippen LogP contribution >= 0.6 is 27.7 Å². The van der Waals surface area contributed by atoms with Crippen LogP contribution in [0.1, 0.15) is 0 Å². The molecule has 0 spiro atoms. The summed E-state index contributed by atoms with van der Waals surface area (Å²) in [6.45, 7) is 0. The quantitative estimate of drug-likeness (QED) is 0.572. The zero-order valence-electron chi connectivity index (χ0n) is 5.46.